The van der Waals surface area contributed by atoms with Crippen molar-refractivity contribution in [1.82, 2.24) is 9.97 Å². The smallest absolute Gasteiger partial charge is 0.345 e. The highest BCUT2D eigenvalue weighted by Gasteiger charge is 2.19. The lowest BCUT2D eigenvalue weighted by atomic mass is 9.98. The predicted molar refractivity (Wildman–Crippen MR) is 50.4 cm³/mol. The van der Waals surface area contributed by atoms with Gasteiger partial charge in [-0.05, 0) is 20.8 Å². The number of aryl methyl sites for hydroxylation is 2. The second kappa shape index (κ2) is 3.61. The quantitative estimate of drug-likeness (QED) is 0.724. The molecule has 0 aliphatic heterocycles. The van der Waals surface area contributed by atoms with E-state index in [0.717, 1.165) is 0 Å². The Morgan fingerprint density at radius 3 is 2.50 bits per heavy atom. The molecule has 1 atom stereocenters. The molecule has 1 aromatic rings. The lowest BCUT2D eigenvalue weighted by Gasteiger charge is -2.11. The van der Waals surface area contributed by atoms with Crippen molar-refractivity contribution in [2.75, 3.05) is 0 Å². The van der Waals surface area contributed by atoms with Gasteiger partial charge < -0.3 is 10.1 Å². The van der Waals surface area contributed by atoms with Gasteiger partial charge in [0, 0.05) is 17.0 Å². The molecule has 0 fully saturated rings. The van der Waals surface area contributed by atoms with Crippen molar-refractivity contribution in [2.24, 2.45) is 0 Å². The van der Waals surface area contributed by atoms with Crippen molar-refractivity contribution in [3.05, 3.63) is 27.4 Å². The number of hydrogen-bond donors (Lipinski definition) is 2. The van der Waals surface area contributed by atoms with Crippen LogP contribution in [0.1, 0.15) is 29.8 Å². The van der Waals surface area contributed by atoms with E-state index in [4.69, 9.17) is 5.11 Å². The third kappa shape index (κ3) is 1.81. The Hall–Kier alpha value is -1.65. The van der Waals surface area contributed by atoms with Crippen LogP contribution in [0.25, 0.3) is 0 Å². The standard InChI is InChI=1S/C9H12N2O3/c1-4(8(12)13)7-5(2)10-9(14)11-6(7)3/h4H,1-3H3,(H,12,13)(H,10,11,14). The molecular weight excluding hydrogens is 184 g/mol. The molecule has 0 aliphatic carbocycles. The Labute approximate surface area is 80.8 Å². The zero-order valence-electron chi connectivity index (χ0n) is 8.29. The van der Waals surface area contributed by atoms with E-state index in [2.05, 4.69) is 9.97 Å². The average Bonchev–Trinajstić information content (AvgIpc) is 2.01. The predicted octanol–water partition coefficient (Wildman–Crippen LogP) is 0.575. The molecule has 0 saturated heterocycles. The van der Waals surface area contributed by atoms with Crippen molar-refractivity contribution in [2.45, 2.75) is 26.7 Å². The van der Waals surface area contributed by atoms with Crippen LogP contribution in [-0.4, -0.2) is 21.0 Å². The van der Waals surface area contributed by atoms with Gasteiger partial charge in [-0.15, -0.1) is 0 Å². The molecule has 0 aromatic carbocycles. The minimum absolute atomic E-state index is 0.443. The van der Waals surface area contributed by atoms with Crippen LogP contribution in [0.5, 0.6) is 0 Å². The second-order valence-electron chi connectivity index (χ2n) is 3.23. The summed E-state index contributed by atoms with van der Waals surface area (Å²) in [4.78, 5) is 27.9. The molecule has 0 amide bonds. The van der Waals surface area contributed by atoms with E-state index in [1.807, 2.05) is 0 Å². The fourth-order valence-electron chi connectivity index (χ4n) is 1.50. The van der Waals surface area contributed by atoms with Crippen LogP contribution in [0, 0.1) is 13.8 Å². The van der Waals surface area contributed by atoms with Gasteiger partial charge in [0.2, 0.25) is 0 Å². The maximum absolute atomic E-state index is 10.9. The Balaban J connectivity index is 3.34. The van der Waals surface area contributed by atoms with Crippen LogP contribution in [0.2, 0.25) is 0 Å². The van der Waals surface area contributed by atoms with E-state index >= 15 is 0 Å². The van der Waals surface area contributed by atoms with E-state index in [1.54, 1.807) is 20.8 Å². The van der Waals surface area contributed by atoms with Gasteiger partial charge in [0.05, 0.1) is 5.92 Å². The van der Waals surface area contributed by atoms with Crippen LogP contribution in [0.4, 0.5) is 0 Å². The molecular formula is C9H12N2O3. The maximum Gasteiger partial charge on any atom is 0.345 e. The number of carboxylic acid groups (broad SMARTS) is 1. The molecule has 5 nitrogen and oxygen atoms in total. The zero-order valence-corrected chi connectivity index (χ0v) is 8.29. The second-order valence-corrected chi connectivity index (χ2v) is 3.23. The van der Waals surface area contributed by atoms with E-state index in [1.165, 1.54) is 0 Å². The molecule has 1 unspecified atom stereocenters. The topological polar surface area (TPSA) is 83.0 Å². The molecule has 0 radical (unpaired) electrons. The number of nitrogens with one attached hydrogen (secondary N) is 1. The molecule has 5 heteroatoms. The number of carbonyl (C=O) groups is 1. The van der Waals surface area contributed by atoms with Gasteiger partial charge in [0.25, 0.3) is 0 Å². The summed E-state index contributed by atoms with van der Waals surface area (Å²) in [6.45, 7) is 4.87. The first-order valence-electron chi connectivity index (χ1n) is 4.23. The number of nitrogens with zero attached hydrogens (tertiary/aromatic N) is 1. The van der Waals surface area contributed by atoms with Crippen molar-refractivity contribution in [3.63, 3.8) is 0 Å². The van der Waals surface area contributed by atoms with Gasteiger partial charge in [-0.1, -0.05) is 0 Å². The highest BCUT2D eigenvalue weighted by molar-refractivity contribution is 5.76. The van der Waals surface area contributed by atoms with Gasteiger partial charge in [-0.2, -0.15) is 4.98 Å². The molecule has 0 aliphatic rings. The fraction of sp³-hybridized carbons (Fsp3) is 0.444. The number of aliphatic carboxylic acids is 1. The normalized spacial score (nSPS) is 12.5. The van der Waals surface area contributed by atoms with Crippen molar-refractivity contribution in [1.29, 1.82) is 0 Å². The number of carboxylic acids is 1. The van der Waals surface area contributed by atoms with E-state index in [-0.39, 0.29) is 0 Å². The van der Waals surface area contributed by atoms with Crippen LogP contribution in [0.15, 0.2) is 4.79 Å². The molecule has 14 heavy (non-hydrogen) atoms. The van der Waals surface area contributed by atoms with Crippen molar-refractivity contribution < 1.29 is 9.90 Å². The SMILES string of the molecule is Cc1nc(=O)[nH]c(C)c1C(C)C(=O)O. The van der Waals surface area contributed by atoms with E-state index in [9.17, 15) is 9.59 Å². The van der Waals surface area contributed by atoms with Gasteiger partial charge in [-0.3, -0.25) is 4.79 Å². The van der Waals surface area contributed by atoms with Crippen molar-refractivity contribution in [3.8, 4) is 0 Å². The molecule has 1 rings (SSSR count). The monoisotopic (exact) mass is 196 g/mol. The summed E-state index contributed by atoms with van der Waals surface area (Å²) in [5.74, 6) is -1.58. The van der Waals surface area contributed by atoms with Crippen molar-refractivity contribution >= 4 is 5.97 Å². The highest BCUT2D eigenvalue weighted by atomic mass is 16.4. The molecule has 1 aromatic heterocycles. The molecule has 2 N–H and O–H groups in total. The highest BCUT2D eigenvalue weighted by Crippen LogP contribution is 2.19. The molecule has 0 spiro atoms. The summed E-state index contributed by atoms with van der Waals surface area (Å²) in [6, 6.07) is 0. The van der Waals surface area contributed by atoms with Crippen LogP contribution in [-0.2, 0) is 4.79 Å². The largest absolute Gasteiger partial charge is 0.481 e. The number of H-pyrrole nitrogens is 1. The summed E-state index contributed by atoms with van der Waals surface area (Å²) in [7, 11) is 0. The minimum atomic E-state index is -0.926. The summed E-state index contributed by atoms with van der Waals surface area (Å²) in [6.07, 6.45) is 0. The number of aromatic nitrogens is 2. The van der Waals surface area contributed by atoms with E-state index in [0.29, 0.717) is 17.0 Å². The first-order chi connectivity index (χ1) is 6.43. The van der Waals surface area contributed by atoms with Crippen LogP contribution in [0.3, 0.4) is 0 Å². The van der Waals surface area contributed by atoms with Gasteiger partial charge >= 0.3 is 11.7 Å². The number of rotatable bonds is 2. The summed E-state index contributed by atoms with van der Waals surface area (Å²) < 4.78 is 0. The molecule has 1 heterocycles. The zero-order chi connectivity index (χ0) is 10.9. The van der Waals surface area contributed by atoms with Crippen LogP contribution >= 0.6 is 0 Å². The summed E-state index contributed by atoms with van der Waals surface area (Å²) >= 11 is 0. The summed E-state index contributed by atoms with van der Waals surface area (Å²) in [5.41, 5.74) is 1.18. The molecule has 0 saturated carbocycles. The summed E-state index contributed by atoms with van der Waals surface area (Å²) in [5, 5.41) is 8.83. The fourth-order valence-corrected chi connectivity index (χ4v) is 1.50. The number of aromatic amines is 1. The van der Waals surface area contributed by atoms with Gasteiger partial charge in [-0.25, -0.2) is 4.79 Å². The number of hydrogen-bond acceptors (Lipinski definition) is 3. The maximum atomic E-state index is 10.9. The Morgan fingerprint density at radius 1 is 1.50 bits per heavy atom. The Morgan fingerprint density at radius 2 is 2.07 bits per heavy atom. The van der Waals surface area contributed by atoms with Gasteiger partial charge in [0.1, 0.15) is 0 Å². The van der Waals surface area contributed by atoms with Gasteiger partial charge in [0.15, 0.2) is 0 Å². The first-order valence-corrected chi connectivity index (χ1v) is 4.23. The Bertz CT molecular complexity index is 396. The third-order valence-electron chi connectivity index (χ3n) is 2.16. The minimum Gasteiger partial charge on any atom is -0.481 e. The lowest BCUT2D eigenvalue weighted by Crippen LogP contribution is -2.20. The Kier molecular flexibility index (Phi) is 2.69. The lowest BCUT2D eigenvalue weighted by molar-refractivity contribution is -0.138. The van der Waals surface area contributed by atoms with E-state index < -0.39 is 17.6 Å². The first kappa shape index (κ1) is 10.4. The third-order valence-corrected chi connectivity index (χ3v) is 2.16. The molecule has 76 valence electrons. The molecule has 0 bridgehead atoms. The average molecular weight is 196 g/mol. The van der Waals surface area contributed by atoms with Crippen LogP contribution < -0.4 is 5.69 Å².